The lowest BCUT2D eigenvalue weighted by atomic mass is 9.80. The summed E-state index contributed by atoms with van der Waals surface area (Å²) in [6, 6.07) is 9.43. The normalized spacial score (nSPS) is 10.5. The molecule has 0 bridgehead atoms. The van der Waals surface area contributed by atoms with Crippen molar-refractivity contribution in [3.63, 3.8) is 0 Å². The van der Waals surface area contributed by atoms with Crippen LogP contribution in [0, 0.1) is 0 Å². The minimum atomic E-state index is -0.899. The minimum Gasteiger partial charge on any atom is -0.422 e. The van der Waals surface area contributed by atoms with Gasteiger partial charge in [-0.2, -0.15) is 0 Å². The van der Waals surface area contributed by atoms with Gasteiger partial charge in [0.15, 0.2) is 0 Å². The number of hydrogen-bond donors (Lipinski definition) is 2. The van der Waals surface area contributed by atoms with Crippen LogP contribution in [0.3, 0.4) is 0 Å². The molecular formula is C9H14BNO2. The van der Waals surface area contributed by atoms with Crippen molar-refractivity contribution in [2.24, 2.45) is 0 Å². The Hall–Kier alpha value is -0.835. The Morgan fingerprint density at radius 1 is 1.31 bits per heavy atom. The quantitative estimate of drug-likeness (QED) is 0.516. The van der Waals surface area contributed by atoms with Gasteiger partial charge in [0.1, 0.15) is 0 Å². The van der Waals surface area contributed by atoms with E-state index in [4.69, 9.17) is 4.76 Å². The van der Waals surface area contributed by atoms with Gasteiger partial charge in [-0.3, -0.25) is 0 Å². The molecule has 1 aromatic carbocycles. The lowest BCUT2D eigenvalue weighted by Gasteiger charge is -2.11. The Labute approximate surface area is 78.8 Å². The fourth-order valence-corrected chi connectivity index (χ4v) is 0.886. The second-order valence-corrected chi connectivity index (χ2v) is 3.15. The Balaban J connectivity index is 2.44. The molecule has 2 N–H and O–H groups in total. The molecule has 0 spiro atoms. The molecule has 0 aliphatic heterocycles. The summed E-state index contributed by atoms with van der Waals surface area (Å²) >= 11 is 0. The van der Waals surface area contributed by atoms with E-state index in [1.54, 1.807) is 0 Å². The van der Waals surface area contributed by atoms with Crippen molar-refractivity contribution < 1.29 is 9.78 Å². The van der Waals surface area contributed by atoms with E-state index < -0.39 is 7.12 Å². The van der Waals surface area contributed by atoms with Crippen molar-refractivity contribution in [1.82, 2.24) is 5.48 Å². The third-order valence-corrected chi connectivity index (χ3v) is 1.50. The molecule has 4 heteroatoms. The van der Waals surface area contributed by atoms with Crippen LogP contribution in [0.25, 0.3) is 0 Å². The molecule has 0 unspecified atom stereocenters. The zero-order valence-corrected chi connectivity index (χ0v) is 7.90. The van der Waals surface area contributed by atoms with Gasteiger partial charge in [-0.1, -0.05) is 30.3 Å². The van der Waals surface area contributed by atoms with Crippen LogP contribution in [0.4, 0.5) is 0 Å². The lowest BCUT2D eigenvalue weighted by Crippen LogP contribution is -2.40. The summed E-state index contributed by atoms with van der Waals surface area (Å²) in [5.74, 6) is 0. The lowest BCUT2D eigenvalue weighted by molar-refractivity contribution is 0.141. The van der Waals surface area contributed by atoms with E-state index in [0.717, 1.165) is 5.46 Å². The summed E-state index contributed by atoms with van der Waals surface area (Å²) in [7, 11) is -0.899. The predicted octanol–water partition coefficient (Wildman–Crippen LogP) is 0.304. The first-order chi connectivity index (χ1) is 6.20. The molecule has 70 valence electrons. The van der Waals surface area contributed by atoms with Crippen LogP contribution in [0.2, 0.25) is 0 Å². The summed E-state index contributed by atoms with van der Waals surface area (Å²) in [4.78, 5) is 0. The molecule has 0 saturated heterocycles. The Morgan fingerprint density at radius 3 is 2.46 bits per heavy atom. The van der Waals surface area contributed by atoms with Gasteiger partial charge in [0.05, 0.1) is 0 Å². The molecule has 3 nitrogen and oxygen atoms in total. The SMILES string of the molecule is CC(C)NOB(O)c1ccccc1. The smallest absolute Gasteiger partial charge is 0.422 e. The fourth-order valence-electron chi connectivity index (χ4n) is 0.886. The van der Waals surface area contributed by atoms with E-state index in [1.165, 1.54) is 0 Å². The zero-order valence-electron chi connectivity index (χ0n) is 7.90. The Bertz CT molecular complexity index is 241. The number of nitrogens with one attached hydrogen (secondary N) is 1. The molecule has 0 atom stereocenters. The minimum absolute atomic E-state index is 0.193. The van der Waals surface area contributed by atoms with Gasteiger partial charge in [-0.05, 0) is 19.3 Å². The molecule has 0 aromatic heterocycles. The van der Waals surface area contributed by atoms with Gasteiger partial charge < -0.3 is 9.78 Å². The Morgan fingerprint density at radius 2 is 1.92 bits per heavy atom. The van der Waals surface area contributed by atoms with Gasteiger partial charge in [0.25, 0.3) is 0 Å². The monoisotopic (exact) mass is 179 g/mol. The van der Waals surface area contributed by atoms with Gasteiger partial charge in [0.2, 0.25) is 0 Å². The molecular weight excluding hydrogens is 165 g/mol. The molecule has 0 amide bonds. The summed E-state index contributed by atoms with van der Waals surface area (Å²) in [5.41, 5.74) is 3.44. The molecule has 0 fully saturated rings. The average molecular weight is 179 g/mol. The van der Waals surface area contributed by atoms with Crippen LogP contribution in [-0.4, -0.2) is 18.2 Å². The maximum Gasteiger partial charge on any atom is 0.508 e. The molecule has 0 radical (unpaired) electrons. The van der Waals surface area contributed by atoms with Gasteiger partial charge in [-0.15, -0.1) is 0 Å². The van der Waals surface area contributed by atoms with E-state index in [1.807, 2.05) is 44.2 Å². The van der Waals surface area contributed by atoms with Gasteiger partial charge >= 0.3 is 7.12 Å². The van der Waals surface area contributed by atoms with Crippen molar-refractivity contribution in [2.45, 2.75) is 19.9 Å². The molecule has 0 aliphatic carbocycles. The standard InChI is InChI=1S/C9H14BNO2/c1-8(2)11-13-10(12)9-6-4-3-5-7-9/h3-8,11-12H,1-2H3. The van der Waals surface area contributed by atoms with Crippen molar-refractivity contribution in [2.75, 3.05) is 0 Å². The highest BCUT2D eigenvalue weighted by Crippen LogP contribution is 1.87. The topological polar surface area (TPSA) is 41.5 Å². The average Bonchev–Trinajstić information content (AvgIpc) is 2.15. The van der Waals surface area contributed by atoms with E-state index in [0.29, 0.717) is 0 Å². The predicted molar refractivity (Wildman–Crippen MR) is 53.4 cm³/mol. The highest BCUT2D eigenvalue weighted by molar-refractivity contribution is 6.59. The summed E-state index contributed by atoms with van der Waals surface area (Å²) in [6.07, 6.45) is 0. The van der Waals surface area contributed by atoms with E-state index in [-0.39, 0.29) is 6.04 Å². The van der Waals surface area contributed by atoms with E-state index in [2.05, 4.69) is 5.48 Å². The first-order valence-corrected chi connectivity index (χ1v) is 4.34. The van der Waals surface area contributed by atoms with Crippen LogP contribution in [-0.2, 0) is 4.76 Å². The summed E-state index contributed by atoms with van der Waals surface area (Å²) < 4.78 is 5.00. The highest BCUT2D eigenvalue weighted by Gasteiger charge is 2.15. The van der Waals surface area contributed by atoms with Crippen molar-refractivity contribution in [3.8, 4) is 0 Å². The number of benzene rings is 1. The van der Waals surface area contributed by atoms with Crippen LogP contribution < -0.4 is 10.9 Å². The maximum absolute atomic E-state index is 9.48. The van der Waals surface area contributed by atoms with Crippen molar-refractivity contribution in [3.05, 3.63) is 30.3 Å². The number of hydroxylamine groups is 1. The van der Waals surface area contributed by atoms with Gasteiger partial charge in [0, 0.05) is 6.04 Å². The molecule has 1 aromatic rings. The molecule has 0 heterocycles. The summed E-state index contributed by atoms with van der Waals surface area (Å²) in [5, 5.41) is 9.48. The second kappa shape index (κ2) is 5.02. The molecule has 0 aliphatic rings. The number of rotatable bonds is 4. The number of hydrogen-bond acceptors (Lipinski definition) is 3. The summed E-state index contributed by atoms with van der Waals surface area (Å²) in [6.45, 7) is 3.88. The highest BCUT2D eigenvalue weighted by atomic mass is 16.7. The van der Waals surface area contributed by atoms with Crippen LogP contribution in [0.1, 0.15) is 13.8 Å². The Kier molecular flexibility index (Phi) is 3.95. The fraction of sp³-hybridized carbons (Fsp3) is 0.333. The maximum atomic E-state index is 9.48. The largest absolute Gasteiger partial charge is 0.508 e. The third-order valence-electron chi connectivity index (χ3n) is 1.50. The second-order valence-electron chi connectivity index (χ2n) is 3.15. The van der Waals surface area contributed by atoms with Crippen molar-refractivity contribution >= 4 is 12.6 Å². The first kappa shape index (κ1) is 10.2. The third kappa shape index (κ3) is 3.59. The van der Waals surface area contributed by atoms with Crippen LogP contribution >= 0.6 is 0 Å². The first-order valence-electron chi connectivity index (χ1n) is 4.34. The van der Waals surface area contributed by atoms with E-state index >= 15 is 0 Å². The molecule has 0 saturated carbocycles. The van der Waals surface area contributed by atoms with Crippen LogP contribution in [0.5, 0.6) is 0 Å². The van der Waals surface area contributed by atoms with E-state index in [9.17, 15) is 5.02 Å². The van der Waals surface area contributed by atoms with Crippen molar-refractivity contribution in [1.29, 1.82) is 0 Å². The molecule has 1 rings (SSSR count). The zero-order chi connectivity index (χ0) is 9.68. The van der Waals surface area contributed by atoms with Crippen LogP contribution in [0.15, 0.2) is 30.3 Å². The van der Waals surface area contributed by atoms with Gasteiger partial charge in [-0.25, -0.2) is 5.48 Å². The molecule has 13 heavy (non-hydrogen) atoms.